The monoisotopic (exact) mass is 321 g/mol. The molecule has 1 aromatic carbocycles. The molecule has 1 saturated carbocycles. The number of urea groups is 1. The Hall–Kier alpha value is -1.69. The fraction of sp³-hybridized carbons (Fsp3) is 0.500. The molecule has 0 aromatic heterocycles. The van der Waals surface area contributed by atoms with Gasteiger partial charge in [-0.05, 0) is 36.8 Å². The highest BCUT2D eigenvalue weighted by Gasteiger charge is 2.44. The van der Waals surface area contributed by atoms with Crippen LogP contribution in [-0.4, -0.2) is 36.5 Å². The van der Waals surface area contributed by atoms with Gasteiger partial charge in [0.05, 0.1) is 0 Å². The van der Waals surface area contributed by atoms with Crippen LogP contribution in [0.15, 0.2) is 30.3 Å². The Labute approximate surface area is 135 Å². The lowest BCUT2D eigenvalue weighted by molar-refractivity contribution is -0.123. The Morgan fingerprint density at radius 2 is 2.00 bits per heavy atom. The molecule has 6 heteroatoms. The quantitative estimate of drug-likeness (QED) is 0.680. The number of rotatable bonds is 8. The molecule has 0 saturated heterocycles. The van der Waals surface area contributed by atoms with Gasteiger partial charge in [-0.2, -0.15) is 11.8 Å². The standard InChI is InChI=1S/C16H23N3O2S/c1-22-10-7-13(19-15(17)21)14(20)18-11-16(8-9-16)12-5-3-2-4-6-12/h2-6,13H,7-11H2,1H3,(H,18,20)(H3,17,19,21)/t13-/m1/s1. The fourth-order valence-corrected chi connectivity index (χ4v) is 3.04. The van der Waals surface area contributed by atoms with E-state index in [1.807, 2.05) is 24.5 Å². The van der Waals surface area contributed by atoms with E-state index in [4.69, 9.17) is 5.73 Å². The first kappa shape index (κ1) is 16.7. The number of primary amides is 1. The van der Waals surface area contributed by atoms with Crippen molar-refractivity contribution in [2.75, 3.05) is 18.6 Å². The van der Waals surface area contributed by atoms with Crippen molar-refractivity contribution in [3.63, 3.8) is 0 Å². The molecule has 1 atom stereocenters. The van der Waals surface area contributed by atoms with Crippen molar-refractivity contribution in [1.82, 2.24) is 10.6 Å². The number of hydrogen-bond donors (Lipinski definition) is 3. The van der Waals surface area contributed by atoms with Gasteiger partial charge in [0, 0.05) is 12.0 Å². The Balaban J connectivity index is 1.91. The Morgan fingerprint density at radius 3 is 2.55 bits per heavy atom. The second-order valence-electron chi connectivity index (χ2n) is 5.71. The molecule has 22 heavy (non-hydrogen) atoms. The molecular weight excluding hydrogens is 298 g/mol. The lowest BCUT2D eigenvalue weighted by Crippen LogP contribution is -2.50. The normalized spacial score (nSPS) is 16.6. The average Bonchev–Trinajstić information content (AvgIpc) is 3.31. The van der Waals surface area contributed by atoms with Crippen LogP contribution in [0.4, 0.5) is 4.79 Å². The van der Waals surface area contributed by atoms with Gasteiger partial charge in [-0.3, -0.25) is 4.79 Å². The number of carbonyl (C=O) groups is 2. The van der Waals surface area contributed by atoms with Gasteiger partial charge in [-0.1, -0.05) is 30.3 Å². The molecule has 0 radical (unpaired) electrons. The highest BCUT2D eigenvalue weighted by atomic mass is 32.2. The molecule has 0 heterocycles. The van der Waals surface area contributed by atoms with E-state index in [-0.39, 0.29) is 11.3 Å². The van der Waals surface area contributed by atoms with E-state index in [1.54, 1.807) is 11.8 Å². The molecule has 4 N–H and O–H groups in total. The molecule has 0 aliphatic heterocycles. The minimum atomic E-state index is -0.662. The minimum absolute atomic E-state index is 0.0632. The van der Waals surface area contributed by atoms with Gasteiger partial charge < -0.3 is 16.4 Å². The first-order chi connectivity index (χ1) is 10.6. The summed E-state index contributed by atoms with van der Waals surface area (Å²) in [4.78, 5) is 23.3. The predicted octanol–water partition coefficient (Wildman–Crippen LogP) is 1.62. The summed E-state index contributed by atoms with van der Waals surface area (Å²) in [6, 6.07) is 9.02. The van der Waals surface area contributed by atoms with E-state index in [2.05, 4.69) is 22.8 Å². The molecule has 1 aliphatic rings. The van der Waals surface area contributed by atoms with Crippen LogP contribution in [0.3, 0.4) is 0 Å². The minimum Gasteiger partial charge on any atom is -0.353 e. The summed E-state index contributed by atoms with van der Waals surface area (Å²) < 4.78 is 0. The van der Waals surface area contributed by atoms with Gasteiger partial charge in [0.25, 0.3) is 0 Å². The molecule has 3 amide bonds. The zero-order valence-electron chi connectivity index (χ0n) is 12.8. The van der Waals surface area contributed by atoms with Gasteiger partial charge in [0.15, 0.2) is 0 Å². The Morgan fingerprint density at radius 1 is 1.32 bits per heavy atom. The van der Waals surface area contributed by atoms with Crippen LogP contribution in [0.25, 0.3) is 0 Å². The Bertz CT molecular complexity index is 517. The van der Waals surface area contributed by atoms with Gasteiger partial charge in [0.2, 0.25) is 5.91 Å². The highest BCUT2D eigenvalue weighted by Crippen LogP contribution is 2.47. The molecule has 1 fully saturated rings. The van der Waals surface area contributed by atoms with Crippen molar-refractivity contribution in [3.8, 4) is 0 Å². The van der Waals surface area contributed by atoms with Crippen LogP contribution >= 0.6 is 11.8 Å². The predicted molar refractivity (Wildman–Crippen MR) is 89.9 cm³/mol. The number of hydrogen-bond acceptors (Lipinski definition) is 3. The second kappa shape index (κ2) is 7.54. The van der Waals surface area contributed by atoms with E-state index < -0.39 is 12.1 Å². The summed E-state index contributed by atoms with van der Waals surface area (Å²) >= 11 is 1.64. The number of amides is 3. The molecule has 1 aliphatic carbocycles. The number of benzene rings is 1. The van der Waals surface area contributed by atoms with Crippen LogP contribution in [0.1, 0.15) is 24.8 Å². The van der Waals surface area contributed by atoms with Crippen LogP contribution in [-0.2, 0) is 10.2 Å². The maximum atomic E-state index is 12.3. The van der Waals surface area contributed by atoms with Crippen molar-refractivity contribution in [1.29, 1.82) is 0 Å². The first-order valence-electron chi connectivity index (χ1n) is 7.45. The maximum absolute atomic E-state index is 12.3. The zero-order valence-corrected chi connectivity index (χ0v) is 13.6. The third-order valence-electron chi connectivity index (χ3n) is 4.08. The van der Waals surface area contributed by atoms with Gasteiger partial charge >= 0.3 is 6.03 Å². The van der Waals surface area contributed by atoms with E-state index in [1.165, 1.54) is 5.56 Å². The summed E-state index contributed by atoms with van der Waals surface area (Å²) in [7, 11) is 0. The van der Waals surface area contributed by atoms with Gasteiger partial charge in [0.1, 0.15) is 6.04 Å². The zero-order chi connectivity index (χ0) is 16.0. The molecule has 5 nitrogen and oxygen atoms in total. The lowest BCUT2D eigenvalue weighted by atomic mass is 9.96. The number of carbonyl (C=O) groups excluding carboxylic acids is 2. The average molecular weight is 321 g/mol. The first-order valence-corrected chi connectivity index (χ1v) is 8.85. The molecule has 0 bridgehead atoms. The van der Waals surface area contributed by atoms with E-state index >= 15 is 0 Å². The van der Waals surface area contributed by atoms with Crippen molar-refractivity contribution in [2.45, 2.75) is 30.7 Å². The summed E-state index contributed by atoms with van der Waals surface area (Å²) in [5, 5.41) is 5.50. The van der Waals surface area contributed by atoms with Gasteiger partial charge in [-0.15, -0.1) is 0 Å². The van der Waals surface area contributed by atoms with Crippen molar-refractivity contribution < 1.29 is 9.59 Å². The fourth-order valence-electron chi connectivity index (χ4n) is 2.57. The smallest absolute Gasteiger partial charge is 0.312 e. The molecular formula is C16H23N3O2S. The number of nitrogens with two attached hydrogens (primary N) is 1. The molecule has 2 rings (SSSR count). The Kier molecular flexibility index (Phi) is 5.71. The third kappa shape index (κ3) is 4.40. The van der Waals surface area contributed by atoms with Gasteiger partial charge in [-0.25, -0.2) is 4.79 Å². The maximum Gasteiger partial charge on any atom is 0.312 e. The second-order valence-corrected chi connectivity index (χ2v) is 6.69. The van der Waals surface area contributed by atoms with E-state index in [9.17, 15) is 9.59 Å². The van der Waals surface area contributed by atoms with Crippen molar-refractivity contribution in [3.05, 3.63) is 35.9 Å². The van der Waals surface area contributed by atoms with Crippen LogP contribution < -0.4 is 16.4 Å². The molecule has 0 unspecified atom stereocenters. The summed E-state index contributed by atoms with van der Waals surface area (Å²) in [6.45, 7) is 0.603. The number of thioether (sulfide) groups is 1. The van der Waals surface area contributed by atoms with Crippen molar-refractivity contribution in [2.24, 2.45) is 5.73 Å². The van der Waals surface area contributed by atoms with E-state index in [0.29, 0.717) is 13.0 Å². The largest absolute Gasteiger partial charge is 0.353 e. The van der Waals surface area contributed by atoms with E-state index in [0.717, 1.165) is 18.6 Å². The summed E-state index contributed by atoms with van der Waals surface area (Å²) in [6.07, 6.45) is 4.70. The molecule has 1 aromatic rings. The summed E-state index contributed by atoms with van der Waals surface area (Å²) in [5.41, 5.74) is 6.48. The van der Waals surface area contributed by atoms with Crippen LogP contribution in [0.2, 0.25) is 0 Å². The van der Waals surface area contributed by atoms with Crippen molar-refractivity contribution >= 4 is 23.7 Å². The topological polar surface area (TPSA) is 84.2 Å². The summed E-state index contributed by atoms with van der Waals surface area (Å²) in [5.74, 6) is 0.636. The lowest BCUT2D eigenvalue weighted by Gasteiger charge is -2.20. The highest BCUT2D eigenvalue weighted by molar-refractivity contribution is 7.98. The molecule has 120 valence electrons. The van der Waals surface area contributed by atoms with Crippen LogP contribution in [0.5, 0.6) is 0 Å². The van der Waals surface area contributed by atoms with Crippen LogP contribution in [0, 0.1) is 0 Å². The number of nitrogens with one attached hydrogen (secondary N) is 2. The third-order valence-corrected chi connectivity index (χ3v) is 4.73. The SMILES string of the molecule is CSCC[C@@H](NC(N)=O)C(=O)NCC1(c2ccccc2)CC1. The molecule has 0 spiro atoms.